The molecule has 2 fully saturated rings. The highest BCUT2D eigenvalue weighted by Crippen LogP contribution is 2.37. The van der Waals surface area contributed by atoms with Crippen molar-refractivity contribution in [3.05, 3.63) is 35.4 Å². The van der Waals surface area contributed by atoms with Crippen molar-refractivity contribution in [3.8, 4) is 0 Å². The van der Waals surface area contributed by atoms with Crippen LogP contribution in [-0.2, 0) is 0 Å². The van der Waals surface area contributed by atoms with Crippen LogP contribution < -0.4 is 5.73 Å². The molecular weight excluding hydrogens is 222 g/mol. The van der Waals surface area contributed by atoms with Crippen LogP contribution in [0.3, 0.4) is 0 Å². The zero-order valence-corrected chi connectivity index (χ0v) is 10.8. The van der Waals surface area contributed by atoms with Crippen LogP contribution in [0.25, 0.3) is 0 Å². The van der Waals surface area contributed by atoms with Crippen molar-refractivity contribution < 1.29 is 4.79 Å². The fourth-order valence-electron chi connectivity index (χ4n) is 2.94. The highest BCUT2D eigenvalue weighted by molar-refractivity contribution is 5.97. The Hall–Kier alpha value is -1.15. The number of benzene rings is 1. The van der Waals surface area contributed by atoms with Gasteiger partial charge in [0.25, 0.3) is 0 Å². The van der Waals surface area contributed by atoms with E-state index >= 15 is 0 Å². The van der Waals surface area contributed by atoms with Crippen LogP contribution in [0.5, 0.6) is 0 Å². The Morgan fingerprint density at radius 3 is 2.61 bits per heavy atom. The number of carbonyl (C=O) groups is 1. The smallest absolute Gasteiger partial charge is 0.164 e. The Balaban J connectivity index is 1.72. The number of Topliss-reactive ketones (excluding diaryl/α,β-unsaturated/α-hetero) is 1. The molecule has 2 aliphatic rings. The maximum Gasteiger partial charge on any atom is 0.164 e. The lowest BCUT2D eigenvalue weighted by molar-refractivity contribution is 0.0912. The number of rotatable bonds is 4. The Labute approximate surface area is 109 Å². The maximum atomic E-state index is 12.3. The molecule has 0 spiro atoms. The molecule has 0 heterocycles. The highest BCUT2D eigenvalue weighted by atomic mass is 16.1. The minimum Gasteiger partial charge on any atom is -0.325 e. The summed E-state index contributed by atoms with van der Waals surface area (Å²) in [5.41, 5.74) is 8.15. The highest BCUT2D eigenvalue weighted by Gasteiger charge is 2.34. The molecule has 0 saturated heterocycles. The molecule has 0 unspecified atom stereocenters. The van der Waals surface area contributed by atoms with Crippen molar-refractivity contribution >= 4 is 5.78 Å². The topological polar surface area (TPSA) is 43.1 Å². The molecule has 0 aliphatic heterocycles. The second-order valence-corrected chi connectivity index (χ2v) is 6.07. The number of hydrogen-bond donors (Lipinski definition) is 1. The third-order valence-corrected chi connectivity index (χ3v) is 4.65. The standard InChI is InChI=1S/C16H21NO/c17-16(8-3-9-16)11-15(18)14-7-2-6-13(10-14)12-4-1-5-12/h2,6-7,10,12H,1,3-5,8-9,11,17H2. The summed E-state index contributed by atoms with van der Waals surface area (Å²) in [5.74, 6) is 0.909. The van der Waals surface area contributed by atoms with Gasteiger partial charge in [-0.15, -0.1) is 0 Å². The van der Waals surface area contributed by atoms with E-state index in [1.54, 1.807) is 0 Å². The van der Waals surface area contributed by atoms with E-state index in [0.717, 1.165) is 18.4 Å². The lowest BCUT2D eigenvalue weighted by Gasteiger charge is -2.37. The first-order valence-corrected chi connectivity index (χ1v) is 7.08. The van der Waals surface area contributed by atoms with E-state index in [4.69, 9.17) is 5.73 Å². The van der Waals surface area contributed by atoms with Crippen LogP contribution in [-0.4, -0.2) is 11.3 Å². The minimum atomic E-state index is -0.205. The minimum absolute atomic E-state index is 0.205. The van der Waals surface area contributed by atoms with Crippen molar-refractivity contribution in [3.63, 3.8) is 0 Å². The van der Waals surface area contributed by atoms with E-state index in [9.17, 15) is 4.79 Å². The predicted octanol–water partition coefficient (Wildman–Crippen LogP) is 3.41. The van der Waals surface area contributed by atoms with E-state index in [1.165, 1.54) is 31.2 Å². The largest absolute Gasteiger partial charge is 0.325 e. The average molecular weight is 243 g/mol. The molecule has 0 atom stereocenters. The van der Waals surface area contributed by atoms with Gasteiger partial charge in [-0.05, 0) is 49.7 Å². The SMILES string of the molecule is NC1(CC(=O)c2cccc(C3CCC3)c2)CCC1. The van der Waals surface area contributed by atoms with Gasteiger partial charge in [0.05, 0.1) is 0 Å². The van der Waals surface area contributed by atoms with Gasteiger partial charge in [0.2, 0.25) is 0 Å². The third-order valence-electron chi connectivity index (χ3n) is 4.65. The molecule has 1 aromatic carbocycles. The van der Waals surface area contributed by atoms with Gasteiger partial charge in [-0.1, -0.05) is 24.6 Å². The number of hydrogen-bond acceptors (Lipinski definition) is 2. The van der Waals surface area contributed by atoms with E-state index in [2.05, 4.69) is 12.1 Å². The number of nitrogens with two attached hydrogens (primary N) is 1. The fourth-order valence-corrected chi connectivity index (χ4v) is 2.94. The Morgan fingerprint density at radius 2 is 2.06 bits per heavy atom. The molecule has 0 aromatic heterocycles. The van der Waals surface area contributed by atoms with E-state index in [0.29, 0.717) is 12.3 Å². The van der Waals surface area contributed by atoms with Gasteiger partial charge < -0.3 is 5.73 Å². The first kappa shape index (κ1) is 11.9. The monoisotopic (exact) mass is 243 g/mol. The Morgan fingerprint density at radius 1 is 1.28 bits per heavy atom. The van der Waals surface area contributed by atoms with Crippen molar-refractivity contribution in [2.45, 2.75) is 56.4 Å². The summed E-state index contributed by atoms with van der Waals surface area (Å²) in [5, 5.41) is 0. The van der Waals surface area contributed by atoms with Crippen LogP contribution >= 0.6 is 0 Å². The molecular formula is C16H21NO. The second kappa shape index (κ2) is 4.51. The van der Waals surface area contributed by atoms with Crippen LogP contribution in [0, 0.1) is 0 Å². The molecule has 2 nitrogen and oxygen atoms in total. The average Bonchev–Trinajstić information content (AvgIpc) is 2.25. The molecule has 2 aliphatic carbocycles. The van der Waals surface area contributed by atoms with E-state index < -0.39 is 0 Å². The number of carbonyl (C=O) groups excluding carboxylic acids is 1. The summed E-state index contributed by atoms with van der Waals surface area (Å²) in [4.78, 5) is 12.3. The van der Waals surface area contributed by atoms with Crippen molar-refractivity contribution in [1.29, 1.82) is 0 Å². The molecule has 96 valence electrons. The quantitative estimate of drug-likeness (QED) is 0.823. The van der Waals surface area contributed by atoms with Gasteiger partial charge in [-0.2, -0.15) is 0 Å². The molecule has 0 radical (unpaired) electrons. The van der Waals surface area contributed by atoms with Crippen LogP contribution in [0.1, 0.15) is 66.8 Å². The summed E-state index contributed by atoms with van der Waals surface area (Å²) in [6.45, 7) is 0. The third kappa shape index (κ3) is 2.22. The molecule has 0 bridgehead atoms. The Bertz CT molecular complexity index is 458. The summed E-state index contributed by atoms with van der Waals surface area (Å²) >= 11 is 0. The summed E-state index contributed by atoms with van der Waals surface area (Å²) < 4.78 is 0. The first-order chi connectivity index (χ1) is 8.66. The van der Waals surface area contributed by atoms with Crippen molar-refractivity contribution in [2.75, 3.05) is 0 Å². The van der Waals surface area contributed by atoms with Gasteiger partial charge in [0, 0.05) is 17.5 Å². The molecule has 0 amide bonds. The maximum absolute atomic E-state index is 12.3. The van der Waals surface area contributed by atoms with Crippen LogP contribution in [0.2, 0.25) is 0 Å². The van der Waals surface area contributed by atoms with Gasteiger partial charge in [-0.3, -0.25) is 4.79 Å². The predicted molar refractivity (Wildman–Crippen MR) is 72.8 cm³/mol. The lowest BCUT2D eigenvalue weighted by atomic mass is 9.73. The number of ketones is 1. The molecule has 2 heteroatoms. The second-order valence-electron chi connectivity index (χ2n) is 6.07. The molecule has 3 rings (SSSR count). The first-order valence-electron chi connectivity index (χ1n) is 7.08. The molecule has 2 saturated carbocycles. The molecule has 2 N–H and O–H groups in total. The lowest BCUT2D eigenvalue weighted by Crippen LogP contribution is -2.48. The van der Waals surface area contributed by atoms with Gasteiger partial charge in [0.15, 0.2) is 5.78 Å². The Kier molecular flexibility index (Phi) is 2.98. The molecule has 18 heavy (non-hydrogen) atoms. The van der Waals surface area contributed by atoms with E-state index in [-0.39, 0.29) is 11.3 Å². The zero-order chi connectivity index (χ0) is 12.6. The van der Waals surface area contributed by atoms with Crippen molar-refractivity contribution in [1.82, 2.24) is 0 Å². The van der Waals surface area contributed by atoms with Crippen LogP contribution in [0.15, 0.2) is 24.3 Å². The fraction of sp³-hybridized carbons (Fsp3) is 0.562. The van der Waals surface area contributed by atoms with Gasteiger partial charge in [-0.25, -0.2) is 0 Å². The zero-order valence-electron chi connectivity index (χ0n) is 10.8. The van der Waals surface area contributed by atoms with Gasteiger partial charge in [0.1, 0.15) is 0 Å². The molecule has 1 aromatic rings. The van der Waals surface area contributed by atoms with E-state index in [1.807, 2.05) is 12.1 Å². The van der Waals surface area contributed by atoms with Gasteiger partial charge >= 0.3 is 0 Å². The van der Waals surface area contributed by atoms with Crippen LogP contribution in [0.4, 0.5) is 0 Å². The normalized spacial score (nSPS) is 22.1. The summed E-state index contributed by atoms with van der Waals surface area (Å²) in [6.07, 6.45) is 7.57. The summed E-state index contributed by atoms with van der Waals surface area (Å²) in [7, 11) is 0. The summed E-state index contributed by atoms with van der Waals surface area (Å²) in [6, 6.07) is 8.20. The van der Waals surface area contributed by atoms with Crippen molar-refractivity contribution in [2.24, 2.45) is 5.73 Å².